The van der Waals surface area contributed by atoms with Gasteiger partial charge in [-0.05, 0) is 36.4 Å². The van der Waals surface area contributed by atoms with Crippen molar-refractivity contribution in [2.45, 2.75) is 6.54 Å². The fourth-order valence-corrected chi connectivity index (χ4v) is 1.93. The minimum atomic E-state index is -0.879. The minimum Gasteiger partial charge on any atom is -0.459 e. The third kappa shape index (κ3) is 3.08. The molecular formula is C16H12F2N2O. The van der Waals surface area contributed by atoms with E-state index in [1.54, 1.807) is 12.4 Å². The number of hydrogen-bond donors (Lipinski definition) is 1. The van der Waals surface area contributed by atoms with E-state index in [-0.39, 0.29) is 0 Å². The summed E-state index contributed by atoms with van der Waals surface area (Å²) >= 11 is 0. The van der Waals surface area contributed by atoms with Crippen molar-refractivity contribution in [3.63, 3.8) is 0 Å². The van der Waals surface area contributed by atoms with Crippen molar-refractivity contribution in [1.82, 2.24) is 4.98 Å². The van der Waals surface area contributed by atoms with Gasteiger partial charge in [-0.25, -0.2) is 8.78 Å². The van der Waals surface area contributed by atoms with Crippen LogP contribution in [0.25, 0.3) is 11.3 Å². The van der Waals surface area contributed by atoms with Crippen molar-refractivity contribution in [2.75, 3.05) is 5.32 Å². The molecule has 0 fully saturated rings. The molecule has 0 aliphatic heterocycles. The zero-order chi connectivity index (χ0) is 14.7. The van der Waals surface area contributed by atoms with Crippen LogP contribution in [-0.4, -0.2) is 4.98 Å². The van der Waals surface area contributed by atoms with Gasteiger partial charge in [-0.15, -0.1) is 0 Å². The molecule has 0 aliphatic carbocycles. The van der Waals surface area contributed by atoms with Gasteiger partial charge in [0.2, 0.25) is 0 Å². The summed E-state index contributed by atoms with van der Waals surface area (Å²) in [6, 6.07) is 11.1. The van der Waals surface area contributed by atoms with Gasteiger partial charge in [-0.2, -0.15) is 0 Å². The lowest BCUT2D eigenvalue weighted by atomic mass is 10.2. The molecule has 1 aromatic carbocycles. The van der Waals surface area contributed by atoms with Gasteiger partial charge in [0.05, 0.1) is 6.54 Å². The van der Waals surface area contributed by atoms with E-state index in [0.717, 1.165) is 17.7 Å². The Hall–Kier alpha value is -2.69. The smallest absolute Gasteiger partial charge is 0.160 e. The minimum absolute atomic E-state index is 0.380. The molecule has 21 heavy (non-hydrogen) atoms. The molecule has 3 nitrogen and oxygen atoms in total. The highest BCUT2D eigenvalue weighted by Gasteiger charge is 2.06. The molecule has 0 aliphatic rings. The molecule has 3 rings (SSSR count). The molecule has 3 aromatic rings. The van der Waals surface area contributed by atoms with Gasteiger partial charge in [0.1, 0.15) is 11.5 Å². The first-order valence-corrected chi connectivity index (χ1v) is 6.40. The molecule has 0 radical (unpaired) electrons. The summed E-state index contributed by atoms with van der Waals surface area (Å²) < 4.78 is 31.6. The molecule has 5 heteroatoms. The average Bonchev–Trinajstić information content (AvgIpc) is 2.98. The second-order valence-electron chi connectivity index (χ2n) is 4.49. The quantitative estimate of drug-likeness (QED) is 0.780. The van der Waals surface area contributed by atoms with E-state index in [2.05, 4.69) is 10.3 Å². The molecule has 0 amide bonds. The van der Waals surface area contributed by atoms with Gasteiger partial charge < -0.3 is 9.73 Å². The van der Waals surface area contributed by atoms with E-state index < -0.39 is 11.6 Å². The Kier molecular flexibility index (Phi) is 3.64. The number of furan rings is 1. The SMILES string of the molecule is Fc1ccc(NCc2ccc(-c3cccnc3)o2)cc1F. The van der Waals surface area contributed by atoms with Crippen molar-refractivity contribution >= 4 is 5.69 Å². The number of hydrogen-bond acceptors (Lipinski definition) is 3. The zero-order valence-electron chi connectivity index (χ0n) is 11.0. The van der Waals surface area contributed by atoms with E-state index in [1.165, 1.54) is 6.07 Å². The van der Waals surface area contributed by atoms with Crippen LogP contribution in [0.2, 0.25) is 0 Å². The molecule has 0 unspecified atom stereocenters. The Morgan fingerprint density at radius 3 is 2.71 bits per heavy atom. The number of pyridine rings is 1. The van der Waals surface area contributed by atoms with Crippen LogP contribution < -0.4 is 5.32 Å². The lowest BCUT2D eigenvalue weighted by molar-refractivity contribution is 0.508. The number of rotatable bonds is 4. The first-order valence-electron chi connectivity index (χ1n) is 6.40. The predicted molar refractivity (Wildman–Crippen MR) is 75.6 cm³/mol. The fourth-order valence-electron chi connectivity index (χ4n) is 1.93. The molecular weight excluding hydrogens is 274 g/mol. The molecule has 0 bridgehead atoms. The molecule has 2 heterocycles. The van der Waals surface area contributed by atoms with Crippen LogP contribution in [0.4, 0.5) is 14.5 Å². The Morgan fingerprint density at radius 1 is 1.05 bits per heavy atom. The Balaban J connectivity index is 1.69. The zero-order valence-corrected chi connectivity index (χ0v) is 11.0. The Morgan fingerprint density at radius 2 is 1.95 bits per heavy atom. The second-order valence-corrected chi connectivity index (χ2v) is 4.49. The molecule has 0 saturated heterocycles. The molecule has 0 spiro atoms. The number of aromatic nitrogens is 1. The number of anilines is 1. The van der Waals surface area contributed by atoms with Crippen molar-refractivity contribution < 1.29 is 13.2 Å². The van der Waals surface area contributed by atoms with Crippen molar-refractivity contribution in [1.29, 1.82) is 0 Å². The lowest BCUT2D eigenvalue weighted by Crippen LogP contribution is -1.99. The molecule has 0 saturated carbocycles. The number of benzene rings is 1. The highest BCUT2D eigenvalue weighted by molar-refractivity contribution is 5.56. The van der Waals surface area contributed by atoms with E-state index in [1.807, 2.05) is 24.3 Å². The average molecular weight is 286 g/mol. The first kappa shape index (κ1) is 13.3. The van der Waals surface area contributed by atoms with E-state index >= 15 is 0 Å². The highest BCUT2D eigenvalue weighted by Crippen LogP contribution is 2.22. The van der Waals surface area contributed by atoms with Gasteiger partial charge in [0.15, 0.2) is 11.6 Å². The fraction of sp³-hybridized carbons (Fsp3) is 0.0625. The maximum atomic E-state index is 13.1. The number of halogens is 2. The third-order valence-corrected chi connectivity index (χ3v) is 2.99. The molecule has 2 aromatic heterocycles. The highest BCUT2D eigenvalue weighted by atomic mass is 19.2. The number of nitrogens with one attached hydrogen (secondary N) is 1. The summed E-state index contributed by atoms with van der Waals surface area (Å²) in [6.07, 6.45) is 3.41. The number of nitrogens with zero attached hydrogens (tertiary/aromatic N) is 1. The van der Waals surface area contributed by atoms with Crippen LogP contribution in [0.1, 0.15) is 5.76 Å². The van der Waals surface area contributed by atoms with Crippen LogP contribution in [0.5, 0.6) is 0 Å². The lowest BCUT2D eigenvalue weighted by Gasteiger charge is -2.04. The molecule has 106 valence electrons. The normalized spacial score (nSPS) is 10.6. The maximum Gasteiger partial charge on any atom is 0.160 e. The topological polar surface area (TPSA) is 38.1 Å². The predicted octanol–water partition coefficient (Wildman–Crippen LogP) is 4.23. The summed E-state index contributed by atoms with van der Waals surface area (Å²) in [4.78, 5) is 4.03. The van der Waals surface area contributed by atoms with Crippen LogP contribution in [-0.2, 0) is 6.54 Å². The summed E-state index contributed by atoms with van der Waals surface area (Å²) in [5.41, 5.74) is 1.38. The van der Waals surface area contributed by atoms with Gasteiger partial charge in [0, 0.05) is 29.7 Å². The van der Waals surface area contributed by atoms with Gasteiger partial charge in [0.25, 0.3) is 0 Å². The Labute approximate surface area is 120 Å². The van der Waals surface area contributed by atoms with Crippen molar-refractivity contribution in [3.8, 4) is 11.3 Å². The first-order chi connectivity index (χ1) is 10.2. The van der Waals surface area contributed by atoms with E-state index in [9.17, 15) is 8.78 Å². The van der Waals surface area contributed by atoms with Gasteiger partial charge in [-0.1, -0.05) is 0 Å². The standard InChI is InChI=1S/C16H12F2N2O/c17-14-5-3-12(8-15(14)18)20-10-13-4-6-16(21-13)11-2-1-7-19-9-11/h1-9,20H,10H2. The summed E-state index contributed by atoms with van der Waals surface area (Å²) in [5, 5.41) is 2.98. The van der Waals surface area contributed by atoms with Gasteiger partial charge in [-0.3, -0.25) is 4.98 Å². The van der Waals surface area contributed by atoms with E-state index in [4.69, 9.17) is 4.42 Å². The van der Waals surface area contributed by atoms with Gasteiger partial charge >= 0.3 is 0 Å². The molecule has 0 atom stereocenters. The maximum absolute atomic E-state index is 13.1. The Bertz CT molecular complexity index is 741. The third-order valence-electron chi connectivity index (χ3n) is 2.99. The van der Waals surface area contributed by atoms with Crippen LogP contribution in [0, 0.1) is 11.6 Å². The van der Waals surface area contributed by atoms with Crippen LogP contribution in [0.15, 0.2) is 59.3 Å². The second kappa shape index (κ2) is 5.75. The largest absolute Gasteiger partial charge is 0.459 e. The van der Waals surface area contributed by atoms with Crippen molar-refractivity contribution in [3.05, 3.63) is 72.3 Å². The summed E-state index contributed by atoms with van der Waals surface area (Å²) in [7, 11) is 0. The summed E-state index contributed by atoms with van der Waals surface area (Å²) in [6.45, 7) is 0.380. The summed E-state index contributed by atoms with van der Waals surface area (Å²) in [5.74, 6) is -0.336. The van der Waals surface area contributed by atoms with Crippen molar-refractivity contribution in [2.24, 2.45) is 0 Å². The molecule has 1 N–H and O–H groups in total. The van der Waals surface area contributed by atoms with Crippen LogP contribution >= 0.6 is 0 Å². The monoisotopic (exact) mass is 286 g/mol. The van der Waals surface area contributed by atoms with Crippen LogP contribution in [0.3, 0.4) is 0 Å². The van der Waals surface area contributed by atoms with E-state index in [0.29, 0.717) is 23.8 Å².